The van der Waals surface area contributed by atoms with Crippen molar-refractivity contribution >= 4 is 44.7 Å². The van der Waals surface area contributed by atoms with E-state index < -0.39 is 27.4 Å². The van der Waals surface area contributed by atoms with Gasteiger partial charge in [0.05, 0.1) is 22.5 Å². The van der Waals surface area contributed by atoms with Crippen LogP contribution in [0.4, 0.5) is 9.18 Å². The van der Waals surface area contributed by atoms with Gasteiger partial charge >= 0.3 is 6.03 Å². The third-order valence-corrected chi connectivity index (χ3v) is 7.27. The standard InChI is InChI=1S/C26H30ClFN4O5S/c1-25(2,3)16-12-19(15-7-8-17(27)18(28)11-15)29-20-13-21(37-22(16)20)23(33)32-10-9-31(14-26(32,4)5)24(34)30-38(6,35)36/h7-8,11-13H,9-10,14H2,1-6H3,(H,30,34). The Bertz CT molecular complexity index is 1540. The number of nitrogens with one attached hydrogen (secondary N) is 1. The van der Waals surface area contributed by atoms with Gasteiger partial charge in [0.25, 0.3) is 5.91 Å². The fraction of sp³-hybridized carbons (Fsp3) is 0.423. The molecule has 1 aliphatic heterocycles. The van der Waals surface area contributed by atoms with Crippen molar-refractivity contribution < 1.29 is 26.8 Å². The van der Waals surface area contributed by atoms with Gasteiger partial charge in [-0.3, -0.25) is 4.79 Å². The Kier molecular flexibility index (Phi) is 6.98. The number of piperazine rings is 1. The number of urea groups is 1. The van der Waals surface area contributed by atoms with Gasteiger partial charge in [0.15, 0.2) is 11.3 Å². The van der Waals surface area contributed by atoms with E-state index in [4.69, 9.17) is 16.0 Å². The van der Waals surface area contributed by atoms with Crippen LogP contribution in [0.1, 0.15) is 50.7 Å². The first-order valence-electron chi connectivity index (χ1n) is 12.0. The fourth-order valence-electron chi connectivity index (χ4n) is 4.55. The van der Waals surface area contributed by atoms with Crippen LogP contribution in [0.2, 0.25) is 5.02 Å². The van der Waals surface area contributed by atoms with E-state index in [1.54, 1.807) is 30.9 Å². The SMILES string of the molecule is CC(C)(C)c1cc(-c2ccc(Cl)c(F)c2)nc2cc(C(=O)N3CCN(C(=O)NS(C)(=O)=O)CC3(C)C)oc12. The van der Waals surface area contributed by atoms with E-state index in [1.165, 1.54) is 17.0 Å². The maximum Gasteiger partial charge on any atom is 0.331 e. The zero-order chi connectivity index (χ0) is 28.2. The summed E-state index contributed by atoms with van der Waals surface area (Å²) in [5, 5.41) is 0.0126. The molecule has 4 rings (SSSR count). The van der Waals surface area contributed by atoms with Crippen LogP contribution in [-0.2, 0) is 15.4 Å². The minimum absolute atomic E-state index is 0.0126. The molecule has 0 bridgehead atoms. The van der Waals surface area contributed by atoms with Crippen molar-refractivity contribution in [3.05, 3.63) is 52.5 Å². The molecule has 2 aromatic heterocycles. The Hall–Kier alpha value is -3.18. The summed E-state index contributed by atoms with van der Waals surface area (Å²) < 4.78 is 45.2. The number of aromatic nitrogens is 1. The Morgan fingerprint density at radius 3 is 2.42 bits per heavy atom. The molecule has 1 aromatic carbocycles. The third kappa shape index (κ3) is 5.63. The summed E-state index contributed by atoms with van der Waals surface area (Å²) in [5.74, 6) is -0.854. The molecule has 9 nitrogen and oxygen atoms in total. The quantitative estimate of drug-likeness (QED) is 0.489. The van der Waals surface area contributed by atoms with Gasteiger partial charge < -0.3 is 14.2 Å². The number of hydrogen-bond acceptors (Lipinski definition) is 6. The Morgan fingerprint density at radius 1 is 1.16 bits per heavy atom. The van der Waals surface area contributed by atoms with E-state index in [1.807, 2.05) is 31.6 Å². The highest BCUT2D eigenvalue weighted by atomic mass is 35.5. The number of hydrogen-bond donors (Lipinski definition) is 1. The molecule has 1 N–H and O–H groups in total. The molecule has 1 aliphatic rings. The number of fused-ring (bicyclic) bond motifs is 1. The van der Waals surface area contributed by atoms with Crippen molar-refractivity contribution in [1.82, 2.24) is 19.5 Å². The van der Waals surface area contributed by atoms with Crippen LogP contribution in [0.25, 0.3) is 22.4 Å². The molecular formula is C26H30ClFN4O5S. The zero-order valence-corrected chi connectivity index (χ0v) is 23.6. The van der Waals surface area contributed by atoms with Crippen LogP contribution in [0.3, 0.4) is 0 Å². The first-order chi connectivity index (χ1) is 17.5. The smallest absolute Gasteiger partial charge is 0.331 e. The summed E-state index contributed by atoms with van der Waals surface area (Å²) in [7, 11) is -3.71. The number of carbonyl (C=O) groups excluding carboxylic acids is 2. The minimum atomic E-state index is -3.71. The minimum Gasteiger partial charge on any atom is -0.449 e. The number of pyridine rings is 1. The number of halogens is 2. The first-order valence-corrected chi connectivity index (χ1v) is 14.2. The molecule has 38 heavy (non-hydrogen) atoms. The number of furan rings is 1. The number of rotatable bonds is 3. The van der Waals surface area contributed by atoms with E-state index in [2.05, 4.69) is 4.98 Å². The van der Waals surface area contributed by atoms with Crippen molar-refractivity contribution in [2.24, 2.45) is 0 Å². The van der Waals surface area contributed by atoms with Crippen LogP contribution in [0.15, 0.2) is 34.7 Å². The van der Waals surface area contributed by atoms with E-state index >= 15 is 0 Å². The topological polar surface area (TPSA) is 113 Å². The van der Waals surface area contributed by atoms with Crippen LogP contribution >= 0.6 is 11.6 Å². The van der Waals surface area contributed by atoms with Crippen LogP contribution in [0, 0.1) is 5.82 Å². The normalized spacial score (nSPS) is 16.1. The highest BCUT2D eigenvalue weighted by molar-refractivity contribution is 7.89. The monoisotopic (exact) mass is 564 g/mol. The van der Waals surface area contributed by atoms with E-state index in [0.29, 0.717) is 22.4 Å². The molecule has 3 amide bonds. The molecule has 1 saturated heterocycles. The van der Waals surface area contributed by atoms with Crippen LogP contribution in [-0.4, -0.2) is 66.6 Å². The van der Waals surface area contributed by atoms with Gasteiger partial charge in [-0.05, 0) is 37.5 Å². The Morgan fingerprint density at radius 2 is 1.84 bits per heavy atom. The predicted octanol–water partition coefficient (Wildman–Crippen LogP) is 4.79. The maximum atomic E-state index is 14.2. The number of carbonyl (C=O) groups is 2. The predicted molar refractivity (Wildman–Crippen MR) is 143 cm³/mol. The lowest BCUT2D eigenvalue weighted by atomic mass is 9.86. The number of sulfonamides is 1. The van der Waals surface area contributed by atoms with Gasteiger partial charge in [0.2, 0.25) is 10.0 Å². The lowest BCUT2D eigenvalue weighted by molar-refractivity contribution is 0.0251. The summed E-state index contributed by atoms with van der Waals surface area (Å²) in [6, 6.07) is 7.13. The van der Waals surface area contributed by atoms with Crippen LogP contribution in [0.5, 0.6) is 0 Å². The summed E-state index contributed by atoms with van der Waals surface area (Å²) in [4.78, 5) is 33.6. The van der Waals surface area contributed by atoms with Crippen molar-refractivity contribution in [3.63, 3.8) is 0 Å². The molecule has 0 spiro atoms. The lowest BCUT2D eigenvalue weighted by Crippen LogP contribution is -2.63. The molecule has 0 saturated carbocycles. The summed E-state index contributed by atoms with van der Waals surface area (Å²) >= 11 is 5.85. The van der Waals surface area contributed by atoms with Gasteiger partial charge in [-0.2, -0.15) is 0 Å². The first kappa shape index (κ1) is 27.8. The van der Waals surface area contributed by atoms with Gasteiger partial charge in [0.1, 0.15) is 11.3 Å². The zero-order valence-electron chi connectivity index (χ0n) is 22.1. The molecule has 3 heterocycles. The highest BCUT2D eigenvalue weighted by Gasteiger charge is 2.40. The summed E-state index contributed by atoms with van der Waals surface area (Å²) in [5.41, 5.74) is 1.58. The van der Waals surface area contributed by atoms with E-state index in [0.717, 1.165) is 11.8 Å². The average Bonchev–Trinajstić information content (AvgIpc) is 3.21. The second-order valence-electron chi connectivity index (χ2n) is 11.1. The molecule has 0 radical (unpaired) electrons. The van der Waals surface area contributed by atoms with Gasteiger partial charge in [0, 0.05) is 36.8 Å². The van der Waals surface area contributed by atoms with Crippen molar-refractivity contribution in [1.29, 1.82) is 0 Å². The van der Waals surface area contributed by atoms with Gasteiger partial charge in [-0.15, -0.1) is 0 Å². The molecule has 0 aliphatic carbocycles. The molecule has 12 heteroatoms. The summed E-state index contributed by atoms with van der Waals surface area (Å²) in [6.07, 6.45) is 0.909. The van der Waals surface area contributed by atoms with Gasteiger partial charge in [-0.1, -0.05) is 38.4 Å². The maximum absolute atomic E-state index is 14.2. The summed E-state index contributed by atoms with van der Waals surface area (Å²) in [6.45, 7) is 10.0. The number of amides is 3. The molecule has 0 atom stereocenters. The second kappa shape index (κ2) is 9.53. The number of nitrogens with zero attached hydrogens (tertiary/aromatic N) is 3. The molecule has 0 unspecified atom stereocenters. The van der Waals surface area contributed by atoms with Crippen molar-refractivity contribution in [3.8, 4) is 11.3 Å². The second-order valence-corrected chi connectivity index (χ2v) is 13.3. The fourth-order valence-corrected chi connectivity index (χ4v) is 5.11. The lowest BCUT2D eigenvalue weighted by Gasteiger charge is -2.46. The molecule has 1 fully saturated rings. The number of benzene rings is 1. The Balaban J connectivity index is 1.69. The largest absolute Gasteiger partial charge is 0.449 e. The van der Waals surface area contributed by atoms with E-state index in [-0.39, 0.29) is 41.7 Å². The molecule has 204 valence electrons. The average molecular weight is 565 g/mol. The third-order valence-electron chi connectivity index (χ3n) is 6.42. The molecular weight excluding hydrogens is 535 g/mol. The molecule has 3 aromatic rings. The van der Waals surface area contributed by atoms with Crippen molar-refractivity contribution in [2.45, 2.75) is 45.6 Å². The van der Waals surface area contributed by atoms with Crippen LogP contribution < -0.4 is 4.72 Å². The van der Waals surface area contributed by atoms with E-state index in [9.17, 15) is 22.4 Å². The highest BCUT2D eigenvalue weighted by Crippen LogP contribution is 2.36. The van der Waals surface area contributed by atoms with Crippen molar-refractivity contribution in [2.75, 3.05) is 25.9 Å². The Labute approximate surface area is 226 Å². The van der Waals surface area contributed by atoms with Gasteiger partial charge in [-0.25, -0.2) is 27.3 Å².